The molecule has 0 saturated heterocycles. The lowest BCUT2D eigenvalue weighted by molar-refractivity contribution is -0.285. The summed E-state index contributed by atoms with van der Waals surface area (Å²) in [5.41, 5.74) is 7.21. The van der Waals surface area contributed by atoms with Crippen molar-refractivity contribution in [2.75, 3.05) is 19.8 Å². The Hall–Kier alpha value is -5.25. The predicted octanol–water partition coefficient (Wildman–Crippen LogP) is 9.98. The van der Waals surface area contributed by atoms with Crippen LogP contribution in [0.4, 0.5) is 22.0 Å². The molecular weight excluding hydrogens is 655 g/mol. The van der Waals surface area contributed by atoms with Gasteiger partial charge >= 0.3 is 24.0 Å². The fraction of sp³-hybridized carbons (Fsp3) is 0.250. The number of ether oxygens (including phenoxy) is 3. The molecule has 50 heavy (non-hydrogen) atoms. The smallest absolute Gasteiger partial charge is 0.453 e. The highest BCUT2D eigenvalue weighted by Crippen LogP contribution is 2.39. The SMILES string of the molecule is C=CC(=O)OCCCc1ccc(-c2ccc(-c3cc(OCCC(F)(F)C(F)(F)F)ccc3-c3ccc(CCCOC(=O)C=C)cc3)cc2)cc1. The van der Waals surface area contributed by atoms with E-state index in [1.165, 1.54) is 0 Å². The molecule has 0 aromatic heterocycles. The molecule has 0 amide bonds. The third kappa shape index (κ3) is 10.6. The molecule has 0 radical (unpaired) electrons. The maximum atomic E-state index is 13.5. The van der Waals surface area contributed by atoms with E-state index in [1.807, 2.05) is 72.8 Å². The number of benzene rings is 4. The maximum absolute atomic E-state index is 13.5. The molecule has 5 nitrogen and oxygen atoms in total. The lowest BCUT2D eigenvalue weighted by Gasteiger charge is -2.20. The van der Waals surface area contributed by atoms with E-state index in [1.54, 1.807) is 18.2 Å². The molecule has 0 spiro atoms. The third-order valence-electron chi connectivity index (χ3n) is 7.88. The number of alkyl halides is 5. The van der Waals surface area contributed by atoms with Crippen molar-refractivity contribution in [1.82, 2.24) is 0 Å². The van der Waals surface area contributed by atoms with E-state index >= 15 is 0 Å². The number of carbonyl (C=O) groups is 2. The number of halogens is 5. The standard InChI is InChI=1S/C40H37F5O5/c1-3-37(46)49-24-5-7-28-9-13-30(14-10-28)31-17-19-33(20-18-31)36-27-34(48-26-23-39(41,42)40(43,44)45)21-22-35(36)32-15-11-29(12-16-32)8-6-25-50-38(47)4-2/h3-4,9-22,27H,1-2,5-8,23-26H2. The number of esters is 2. The molecule has 0 aliphatic heterocycles. The molecule has 10 heteroatoms. The van der Waals surface area contributed by atoms with Crippen molar-refractivity contribution in [3.8, 4) is 39.1 Å². The second-order valence-electron chi connectivity index (χ2n) is 11.4. The summed E-state index contributed by atoms with van der Waals surface area (Å²) >= 11 is 0. The summed E-state index contributed by atoms with van der Waals surface area (Å²) in [7, 11) is 0. The zero-order chi connectivity index (χ0) is 36.1. The summed E-state index contributed by atoms with van der Waals surface area (Å²) in [6.45, 7) is 6.50. The van der Waals surface area contributed by atoms with Crippen LogP contribution in [0.5, 0.6) is 5.75 Å². The highest BCUT2D eigenvalue weighted by atomic mass is 19.4. The second-order valence-corrected chi connectivity index (χ2v) is 11.4. The monoisotopic (exact) mass is 692 g/mol. The Bertz CT molecular complexity index is 1750. The minimum Gasteiger partial charge on any atom is -0.493 e. The highest BCUT2D eigenvalue weighted by Gasteiger charge is 2.56. The van der Waals surface area contributed by atoms with Crippen molar-refractivity contribution in [3.63, 3.8) is 0 Å². The van der Waals surface area contributed by atoms with Crippen LogP contribution in [0.1, 0.15) is 30.4 Å². The normalized spacial score (nSPS) is 11.5. The molecule has 0 bridgehead atoms. The van der Waals surface area contributed by atoms with Crippen LogP contribution in [0.25, 0.3) is 33.4 Å². The molecule has 0 unspecified atom stereocenters. The topological polar surface area (TPSA) is 61.8 Å². The number of aryl methyl sites for hydroxylation is 2. The van der Waals surface area contributed by atoms with E-state index in [2.05, 4.69) is 13.2 Å². The maximum Gasteiger partial charge on any atom is 0.453 e. The molecule has 0 fully saturated rings. The van der Waals surface area contributed by atoms with Crippen molar-refractivity contribution in [3.05, 3.63) is 127 Å². The molecule has 4 aromatic carbocycles. The van der Waals surface area contributed by atoms with Gasteiger partial charge in [0, 0.05) is 12.2 Å². The Kier molecular flexibility index (Phi) is 13.1. The molecule has 0 saturated carbocycles. The van der Waals surface area contributed by atoms with Crippen LogP contribution in [-0.2, 0) is 31.9 Å². The molecule has 4 rings (SSSR count). The van der Waals surface area contributed by atoms with E-state index in [0.29, 0.717) is 31.4 Å². The number of carbonyl (C=O) groups excluding carboxylic acids is 2. The van der Waals surface area contributed by atoms with Crippen LogP contribution in [0.3, 0.4) is 0 Å². The molecule has 0 atom stereocenters. The Morgan fingerprint density at radius 3 is 1.50 bits per heavy atom. The zero-order valence-corrected chi connectivity index (χ0v) is 27.3. The van der Waals surface area contributed by atoms with Crippen LogP contribution in [0, 0.1) is 0 Å². The summed E-state index contributed by atoms with van der Waals surface area (Å²) in [5.74, 6) is -5.63. The van der Waals surface area contributed by atoms with Crippen molar-refractivity contribution in [2.45, 2.75) is 44.2 Å². The van der Waals surface area contributed by atoms with E-state index in [-0.39, 0.29) is 12.4 Å². The lowest BCUT2D eigenvalue weighted by Crippen LogP contribution is -2.37. The summed E-state index contributed by atoms with van der Waals surface area (Å²) in [5, 5.41) is 0. The molecule has 0 aliphatic carbocycles. The first-order chi connectivity index (χ1) is 23.9. The Labute approximate surface area is 288 Å². The van der Waals surface area contributed by atoms with Gasteiger partial charge in [-0.05, 0) is 82.3 Å². The number of hydrogen-bond donors (Lipinski definition) is 0. The van der Waals surface area contributed by atoms with Crippen molar-refractivity contribution < 1.29 is 45.8 Å². The van der Waals surface area contributed by atoms with Gasteiger partial charge < -0.3 is 14.2 Å². The van der Waals surface area contributed by atoms with E-state index in [0.717, 1.165) is 57.5 Å². The van der Waals surface area contributed by atoms with Crippen molar-refractivity contribution in [1.29, 1.82) is 0 Å². The first-order valence-electron chi connectivity index (χ1n) is 16.0. The molecule has 4 aromatic rings. The first kappa shape index (κ1) is 37.6. The largest absolute Gasteiger partial charge is 0.493 e. The quantitative estimate of drug-likeness (QED) is 0.0477. The van der Waals surface area contributed by atoms with Gasteiger partial charge in [-0.15, -0.1) is 0 Å². The molecule has 0 heterocycles. The third-order valence-corrected chi connectivity index (χ3v) is 7.88. The van der Waals surface area contributed by atoms with Crippen LogP contribution in [-0.4, -0.2) is 43.9 Å². The van der Waals surface area contributed by atoms with E-state index in [4.69, 9.17) is 14.2 Å². The summed E-state index contributed by atoms with van der Waals surface area (Å²) in [6, 6.07) is 28.5. The average molecular weight is 693 g/mol. The molecular formula is C40H37F5O5. The van der Waals surface area contributed by atoms with Gasteiger partial charge in [-0.2, -0.15) is 22.0 Å². The Balaban J connectivity index is 1.53. The fourth-order valence-corrected chi connectivity index (χ4v) is 5.12. The minimum atomic E-state index is -5.66. The highest BCUT2D eigenvalue weighted by molar-refractivity contribution is 5.85. The summed E-state index contributed by atoms with van der Waals surface area (Å²) in [6.07, 6.45) is -2.18. The van der Waals surface area contributed by atoms with Gasteiger partial charge in [0.25, 0.3) is 0 Å². The van der Waals surface area contributed by atoms with Gasteiger partial charge in [0.15, 0.2) is 0 Å². The first-order valence-corrected chi connectivity index (χ1v) is 16.0. The molecule has 0 N–H and O–H groups in total. The van der Waals surface area contributed by atoms with Crippen LogP contribution >= 0.6 is 0 Å². The van der Waals surface area contributed by atoms with Crippen molar-refractivity contribution >= 4 is 11.9 Å². The van der Waals surface area contributed by atoms with Crippen LogP contribution in [0.2, 0.25) is 0 Å². The minimum absolute atomic E-state index is 0.159. The zero-order valence-electron chi connectivity index (χ0n) is 27.3. The fourth-order valence-electron chi connectivity index (χ4n) is 5.12. The molecule has 0 aliphatic rings. The predicted molar refractivity (Wildman–Crippen MR) is 183 cm³/mol. The van der Waals surface area contributed by atoms with Gasteiger partial charge in [0.2, 0.25) is 0 Å². The van der Waals surface area contributed by atoms with E-state index in [9.17, 15) is 31.5 Å². The van der Waals surface area contributed by atoms with Gasteiger partial charge in [-0.25, -0.2) is 9.59 Å². The van der Waals surface area contributed by atoms with E-state index < -0.39 is 37.1 Å². The van der Waals surface area contributed by atoms with Gasteiger partial charge in [0.1, 0.15) is 5.75 Å². The van der Waals surface area contributed by atoms with Crippen molar-refractivity contribution in [2.24, 2.45) is 0 Å². The lowest BCUT2D eigenvalue weighted by atomic mass is 9.92. The van der Waals surface area contributed by atoms with Gasteiger partial charge in [-0.1, -0.05) is 92.0 Å². The van der Waals surface area contributed by atoms with Crippen LogP contribution in [0.15, 0.2) is 116 Å². The molecule has 262 valence electrons. The van der Waals surface area contributed by atoms with Gasteiger partial charge in [0.05, 0.1) is 26.2 Å². The summed E-state index contributed by atoms with van der Waals surface area (Å²) < 4.78 is 80.5. The second kappa shape index (κ2) is 17.4. The number of hydrogen-bond acceptors (Lipinski definition) is 5. The Morgan fingerprint density at radius 2 is 1.02 bits per heavy atom. The number of rotatable bonds is 17. The average Bonchev–Trinajstić information content (AvgIpc) is 3.11. The summed E-state index contributed by atoms with van der Waals surface area (Å²) in [4.78, 5) is 22.5. The van der Waals surface area contributed by atoms with Crippen LogP contribution < -0.4 is 4.74 Å². The Morgan fingerprint density at radius 1 is 0.580 bits per heavy atom. The van der Waals surface area contributed by atoms with Gasteiger partial charge in [-0.3, -0.25) is 0 Å².